The highest BCUT2D eigenvalue weighted by Gasteiger charge is 2.09. The Balaban J connectivity index is 0.00000113. The lowest BCUT2D eigenvalue weighted by atomic mass is 10.1. The molecule has 0 heterocycles. The molecule has 0 bridgehead atoms. The summed E-state index contributed by atoms with van der Waals surface area (Å²) >= 11 is 0. The molecule has 2 aromatic carbocycles. The zero-order valence-electron chi connectivity index (χ0n) is 16.3. The Morgan fingerprint density at radius 2 is 1.54 bits per heavy atom. The summed E-state index contributed by atoms with van der Waals surface area (Å²) in [5, 5.41) is 2.78. The summed E-state index contributed by atoms with van der Waals surface area (Å²) in [4.78, 5) is 23.3. The van der Waals surface area contributed by atoms with Crippen LogP contribution in [0.5, 0.6) is 0 Å². The van der Waals surface area contributed by atoms with Gasteiger partial charge in [0, 0.05) is 12.2 Å². The molecule has 3 N–H and O–H groups in total. The third kappa shape index (κ3) is 7.83. The van der Waals surface area contributed by atoms with E-state index in [9.17, 15) is 9.59 Å². The lowest BCUT2D eigenvalue weighted by molar-refractivity contribution is 0.0600. The third-order valence-corrected chi connectivity index (χ3v) is 3.03. The van der Waals surface area contributed by atoms with Gasteiger partial charge in [-0.1, -0.05) is 58.4 Å². The molecule has 1 amide bonds. The summed E-state index contributed by atoms with van der Waals surface area (Å²) < 4.78 is 4.62. The molecule has 5 heteroatoms. The monoisotopic (exact) mass is 358 g/mol. The average Bonchev–Trinajstić information content (AvgIpc) is 2.68. The summed E-state index contributed by atoms with van der Waals surface area (Å²) in [6, 6.07) is 13.7. The molecule has 0 saturated heterocycles. The minimum absolute atomic E-state index is 0.231. The minimum atomic E-state index is -0.386. The van der Waals surface area contributed by atoms with Crippen molar-refractivity contribution in [1.29, 1.82) is 0 Å². The predicted octanol–water partition coefficient (Wildman–Crippen LogP) is 4.43. The van der Waals surface area contributed by atoms with Crippen LogP contribution in [-0.4, -0.2) is 19.0 Å². The van der Waals surface area contributed by atoms with Gasteiger partial charge in [0.15, 0.2) is 0 Å². The highest BCUT2D eigenvalue weighted by Crippen LogP contribution is 2.11. The number of carbonyl (C=O) groups excluding carboxylic acids is 2. The molecule has 2 rings (SSSR count). The van der Waals surface area contributed by atoms with E-state index < -0.39 is 0 Å². The molecular formula is C21H30N2O3. The molecule has 0 spiro atoms. The van der Waals surface area contributed by atoms with E-state index in [-0.39, 0.29) is 11.9 Å². The number of anilines is 1. The maximum absolute atomic E-state index is 12.0. The number of hydrogen-bond acceptors (Lipinski definition) is 4. The number of methoxy groups -OCH3 is 1. The quantitative estimate of drug-likeness (QED) is 0.626. The second kappa shape index (κ2) is 13.5. The van der Waals surface area contributed by atoms with Crippen molar-refractivity contribution in [3.63, 3.8) is 0 Å². The normalized spacial score (nSPS) is 8.96. The fourth-order valence-electron chi connectivity index (χ4n) is 1.86. The van der Waals surface area contributed by atoms with Crippen molar-refractivity contribution in [3.8, 4) is 0 Å². The zero-order valence-corrected chi connectivity index (χ0v) is 16.3. The number of nitrogen functional groups attached to an aromatic ring is 1. The van der Waals surface area contributed by atoms with Crippen LogP contribution >= 0.6 is 0 Å². The summed E-state index contributed by atoms with van der Waals surface area (Å²) in [5.74, 6) is -0.618. The van der Waals surface area contributed by atoms with Crippen LogP contribution in [0.15, 0.2) is 48.5 Å². The Kier molecular flexibility index (Phi) is 12.0. The fourth-order valence-corrected chi connectivity index (χ4v) is 1.86. The van der Waals surface area contributed by atoms with E-state index in [0.717, 1.165) is 5.56 Å². The molecule has 0 aliphatic carbocycles. The van der Waals surface area contributed by atoms with Gasteiger partial charge in [-0.25, -0.2) is 4.79 Å². The maximum Gasteiger partial charge on any atom is 0.337 e. The summed E-state index contributed by atoms with van der Waals surface area (Å²) in [6.45, 7) is 8.61. The van der Waals surface area contributed by atoms with Gasteiger partial charge in [-0.3, -0.25) is 4.79 Å². The fraction of sp³-hybridized carbons (Fsp3) is 0.333. The average molecular weight is 358 g/mol. The molecular weight excluding hydrogens is 328 g/mol. The molecule has 0 fully saturated rings. The zero-order chi connectivity index (χ0) is 19.9. The smallest absolute Gasteiger partial charge is 0.337 e. The first kappa shape index (κ1) is 23.2. The topological polar surface area (TPSA) is 81.4 Å². The number of nitrogens with one attached hydrogen (secondary N) is 1. The van der Waals surface area contributed by atoms with Crippen LogP contribution in [0.3, 0.4) is 0 Å². The molecule has 0 aromatic heterocycles. The number of benzene rings is 2. The number of ether oxygens (including phenoxy) is 1. The number of hydrogen-bond donors (Lipinski definition) is 2. The molecule has 5 nitrogen and oxygen atoms in total. The summed E-state index contributed by atoms with van der Waals surface area (Å²) in [5.41, 5.74) is 7.99. The van der Waals surface area contributed by atoms with E-state index in [2.05, 4.69) is 23.9 Å². The molecule has 0 radical (unpaired) electrons. The summed E-state index contributed by atoms with van der Waals surface area (Å²) in [7, 11) is 1.33. The van der Waals surface area contributed by atoms with E-state index in [4.69, 9.17) is 5.73 Å². The van der Waals surface area contributed by atoms with Gasteiger partial charge < -0.3 is 15.8 Å². The molecule has 26 heavy (non-hydrogen) atoms. The van der Waals surface area contributed by atoms with Gasteiger partial charge in [0.2, 0.25) is 0 Å². The van der Waals surface area contributed by atoms with E-state index in [1.807, 2.05) is 13.8 Å². The first-order chi connectivity index (χ1) is 12.5. The molecule has 0 unspecified atom stereocenters. The lowest BCUT2D eigenvalue weighted by Crippen LogP contribution is -2.23. The van der Waals surface area contributed by atoms with Crippen LogP contribution in [0.2, 0.25) is 0 Å². The van der Waals surface area contributed by atoms with Gasteiger partial charge in [0.05, 0.1) is 18.2 Å². The number of esters is 1. The molecule has 0 aliphatic rings. The van der Waals surface area contributed by atoms with Gasteiger partial charge in [-0.2, -0.15) is 0 Å². The van der Waals surface area contributed by atoms with Crippen LogP contribution in [-0.2, 0) is 11.3 Å². The van der Waals surface area contributed by atoms with Crippen molar-refractivity contribution < 1.29 is 14.3 Å². The molecule has 2 aromatic rings. The van der Waals surface area contributed by atoms with Crippen LogP contribution < -0.4 is 11.1 Å². The van der Waals surface area contributed by atoms with E-state index >= 15 is 0 Å². The third-order valence-electron chi connectivity index (χ3n) is 3.03. The number of carbonyl (C=O) groups is 2. The Morgan fingerprint density at radius 1 is 1.00 bits per heavy atom. The SMILES string of the molecule is CC.CCC.COC(=O)c1ccc(CNC(=O)c2ccccc2N)cc1. The van der Waals surface area contributed by atoms with Crippen LogP contribution in [0, 0.1) is 0 Å². The van der Waals surface area contributed by atoms with Gasteiger partial charge in [0.25, 0.3) is 5.91 Å². The minimum Gasteiger partial charge on any atom is -0.465 e. The van der Waals surface area contributed by atoms with E-state index in [1.54, 1.807) is 48.5 Å². The van der Waals surface area contributed by atoms with Crippen molar-refractivity contribution >= 4 is 17.6 Å². The van der Waals surface area contributed by atoms with E-state index in [0.29, 0.717) is 23.4 Å². The van der Waals surface area contributed by atoms with Crippen LogP contribution in [0.1, 0.15) is 60.4 Å². The standard InChI is InChI=1S/C16H16N2O3.C3H8.C2H6/c1-21-16(20)12-8-6-11(7-9-12)10-18-15(19)13-4-2-3-5-14(13)17;1-3-2;1-2/h2-9H,10,17H2,1H3,(H,18,19);3H2,1-2H3;1-2H3. The molecule has 0 aliphatic heterocycles. The van der Waals surface area contributed by atoms with Crippen molar-refractivity contribution in [2.45, 2.75) is 40.7 Å². The maximum atomic E-state index is 12.0. The van der Waals surface area contributed by atoms with Crippen LogP contribution in [0.4, 0.5) is 5.69 Å². The van der Waals surface area contributed by atoms with Crippen molar-refractivity contribution in [2.24, 2.45) is 0 Å². The van der Waals surface area contributed by atoms with Crippen molar-refractivity contribution in [3.05, 3.63) is 65.2 Å². The first-order valence-corrected chi connectivity index (χ1v) is 8.83. The van der Waals surface area contributed by atoms with Crippen molar-refractivity contribution in [1.82, 2.24) is 5.32 Å². The second-order valence-corrected chi connectivity index (χ2v) is 5.17. The van der Waals surface area contributed by atoms with Gasteiger partial charge >= 0.3 is 5.97 Å². The number of para-hydroxylation sites is 1. The Bertz CT molecular complexity index is 667. The number of rotatable bonds is 4. The van der Waals surface area contributed by atoms with Crippen LogP contribution in [0.25, 0.3) is 0 Å². The molecule has 142 valence electrons. The Hall–Kier alpha value is -2.82. The number of amides is 1. The largest absolute Gasteiger partial charge is 0.465 e. The second-order valence-electron chi connectivity index (χ2n) is 5.17. The molecule has 0 saturated carbocycles. The van der Waals surface area contributed by atoms with Gasteiger partial charge in [-0.05, 0) is 29.8 Å². The highest BCUT2D eigenvalue weighted by atomic mass is 16.5. The van der Waals surface area contributed by atoms with Crippen molar-refractivity contribution in [2.75, 3.05) is 12.8 Å². The lowest BCUT2D eigenvalue weighted by Gasteiger charge is -2.08. The van der Waals surface area contributed by atoms with Gasteiger partial charge in [-0.15, -0.1) is 0 Å². The first-order valence-electron chi connectivity index (χ1n) is 8.83. The predicted molar refractivity (Wildman–Crippen MR) is 107 cm³/mol. The number of nitrogens with two attached hydrogens (primary N) is 1. The Morgan fingerprint density at radius 3 is 2.04 bits per heavy atom. The Labute approximate surface area is 156 Å². The van der Waals surface area contributed by atoms with Gasteiger partial charge in [0.1, 0.15) is 0 Å². The summed E-state index contributed by atoms with van der Waals surface area (Å²) in [6.07, 6.45) is 1.25. The van der Waals surface area contributed by atoms with E-state index in [1.165, 1.54) is 13.5 Å². The molecule has 0 atom stereocenters. The highest BCUT2D eigenvalue weighted by molar-refractivity contribution is 5.99.